The number of fused-ring (bicyclic) bond motifs is 1. The van der Waals surface area contributed by atoms with Gasteiger partial charge in [0.05, 0.1) is 5.25 Å². The lowest BCUT2D eigenvalue weighted by molar-refractivity contribution is -0.115. The van der Waals surface area contributed by atoms with Crippen molar-refractivity contribution in [3.63, 3.8) is 0 Å². The SMILES string of the molecule is Cc1ccccc1NC(=O)C(C)Sc1nc2nc(C)c(C)c(C)n2n1. The molecule has 2 heterocycles. The smallest absolute Gasteiger partial charge is 0.253 e. The van der Waals surface area contributed by atoms with Crippen LogP contribution >= 0.6 is 11.8 Å². The quantitative estimate of drug-likeness (QED) is 0.726. The Kier molecular flexibility index (Phi) is 4.76. The Morgan fingerprint density at radius 3 is 2.60 bits per heavy atom. The lowest BCUT2D eigenvalue weighted by atomic mass is 10.2. The molecule has 7 heteroatoms. The number of nitrogens with one attached hydrogen (secondary N) is 1. The van der Waals surface area contributed by atoms with Crippen LogP contribution in [0.1, 0.15) is 29.4 Å². The number of carbonyl (C=O) groups is 1. The molecule has 0 fully saturated rings. The molecule has 0 radical (unpaired) electrons. The Bertz CT molecular complexity index is 950. The van der Waals surface area contributed by atoms with Gasteiger partial charge in [-0.05, 0) is 51.8 Å². The molecule has 1 N–H and O–H groups in total. The number of aryl methyl sites for hydroxylation is 3. The number of amides is 1. The number of hydrogen-bond acceptors (Lipinski definition) is 5. The maximum atomic E-state index is 12.4. The molecule has 1 atom stereocenters. The molecule has 1 aromatic carbocycles. The second kappa shape index (κ2) is 6.84. The van der Waals surface area contributed by atoms with Gasteiger partial charge >= 0.3 is 0 Å². The highest BCUT2D eigenvalue weighted by molar-refractivity contribution is 8.00. The summed E-state index contributed by atoms with van der Waals surface area (Å²) in [7, 11) is 0. The van der Waals surface area contributed by atoms with E-state index in [0.717, 1.165) is 28.2 Å². The van der Waals surface area contributed by atoms with E-state index in [2.05, 4.69) is 20.4 Å². The minimum absolute atomic E-state index is 0.0739. The summed E-state index contributed by atoms with van der Waals surface area (Å²) >= 11 is 1.33. The third-order valence-electron chi connectivity index (χ3n) is 4.30. The normalized spacial score (nSPS) is 12.4. The van der Waals surface area contributed by atoms with E-state index in [-0.39, 0.29) is 11.2 Å². The van der Waals surface area contributed by atoms with E-state index >= 15 is 0 Å². The number of carbonyl (C=O) groups excluding carboxylic acids is 1. The van der Waals surface area contributed by atoms with Gasteiger partial charge in [0, 0.05) is 17.1 Å². The van der Waals surface area contributed by atoms with Gasteiger partial charge in [0.15, 0.2) is 0 Å². The monoisotopic (exact) mass is 355 g/mol. The van der Waals surface area contributed by atoms with Crippen LogP contribution < -0.4 is 5.32 Å². The molecule has 3 aromatic rings. The number of rotatable bonds is 4. The van der Waals surface area contributed by atoms with Crippen molar-refractivity contribution in [1.82, 2.24) is 19.6 Å². The van der Waals surface area contributed by atoms with Gasteiger partial charge in [-0.2, -0.15) is 4.98 Å². The first kappa shape index (κ1) is 17.4. The molecule has 0 aliphatic rings. The molecule has 6 nitrogen and oxygen atoms in total. The van der Waals surface area contributed by atoms with Crippen molar-refractivity contribution < 1.29 is 4.79 Å². The number of anilines is 1. The molecule has 0 bridgehead atoms. The van der Waals surface area contributed by atoms with Crippen molar-refractivity contribution in [2.45, 2.75) is 45.0 Å². The molecule has 3 rings (SSSR count). The van der Waals surface area contributed by atoms with Crippen molar-refractivity contribution in [2.75, 3.05) is 5.32 Å². The van der Waals surface area contributed by atoms with E-state index < -0.39 is 0 Å². The fourth-order valence-electron chi connectivity index (χ4n) is 2.45. The van der Waals surface area contributed by atoms with Crippen LogP contribution in [-0.2, 0) is 4.79 Å². The molecule has 130 valence electrons. The van der Waals surface area contributed by atoms with Gasteiger partial charge in [0.1, 0.15) is 0 Å². The fourth-order valence-corrected chi connectivity index (χ4v) is 3.19. The number of nitrogens with zero attached hydrogens (tertiary/aromatic N) is 4. The van der Waals surface area contributed by atoms with Crippen molar-refractivity contribution in [1.29, 1.82) is 0 Å². The largest absolute Gasteiger partial charge is 0.325 e. The molecule has 0 saturated carbocycles. The lowest BCUT2D eigenvalue weighted by Gasteiger charge is -2.11. The van der Waals surface area contributed by atoms with Gasteiger partial charge in [-0.1, -0.05) is 30.0 Å². The minimum Gasteiger partial charge on any atom is -0.325 e. The number of benzene rings is 1. The van der Waals surface area contributed by atoms with E-state index in [1.807, 2.05) is 58.9 Å². The molecular formula is C18H21N5OS. The van der Waals surface area contributed by atoms with Crippen molar-refractivity contribution in [3.05, 3.63) is 46.8 Å². The fraction of sp³-hybridized carbons (Fsp3) is 0.333. The Morgan fingerprint density at radius 1 is 1.16 bits per heavy atom. The zero-order valence-corrected chi connectivity index (χ0v) is 15.8. The first-order valence-electron chi connectivity index (χ1n) is 8.10. The molecule has 1 amide bonds. The summed E-state index contributed by atoms with van der Waals surface area (Å²) < 4.78 is 1.73. The van der Waals surface area contributed by atoms with E-state index in [1.165, 1.54) is 11.8 Å². The number of thioether (sulfide) groups is 1. The van der Waals surface area contributed by atoms with Crippen molar-refractivity contribution in [3.8, 4) is 0 Å². The molecule has 0 aliphatic carbocycles. The Hall–Kier alpha value is -2.41. The van der Waals surface area contributed by atoms with Crippen LogP contribution in [0, 0.1) is 27.7 Å². The zero-order valence-electron chi connectivity index (χ0n) is 15.0. The van der Waals surface area contributed by atoms with Gasteiger partial charge < -0.3 is 5.32 Å². The second-order valence-corrected chi connectivity index (χ2v) is 7.39. The highest BCUT2D eigenvalue weighted by Crippen LogP contribution is 2.23. The van der Waals surface area contributed by atoms with Gasteiger partial charge in [-0.3, -0.25) is 4.79 Å². The second-order valence-electron chi connectivity index (χ2n) is 6.08. The molecule has 0 saturated heterocycles. The van der Waals surface area contributed by atoms with E-state index in [9.17, 15) is 4.79 Å². The zero-order chi connectivity index (χ0) is 18.1. The molecule has 0 aliphatic heterocycles. The minimum atomic E-state index is -0.320. The summed E-state index contributed by atoms with van der Waals surface area (Å²) in [5.74, 6) is 0.491. The van der Waals surface area contributed by atoms with Crippen molar-refractivity contribution >= 4 is 29.1 Å². The standard InChI is InChI=1S/C18H21N5OS/c1-10-8-6-7-9-15(10)20-16(24)14(5)25-18-21-17-19-12(3)11(2)13(4)23(17)22-18/h6-9,14H,1-5H3,(H,20,24). The summed E-state index contributed by atoms with van der Waals surface area (Å²) in [6.45, 7) is 9.79. The van der Waals surface area contributed by atoms with Gasteiger partial charge in [-0.15, -0.1) is 5.10 Å². The predicted molar refractivity (Wildman–Crippen MR) is 100 cm³/mol. The summed E-state index contributed by atoms with van der Waals surface area (Å²) in [4.78, 5) is 21.4. The summed E-state index contributed by atoms with van der Waals surface area (Å²) in [6.07, 6.45) is 0. The number of para-hydroxylation sites is 1. The van der Waals surface area contributed by atoms with Gasteiger partial charge in [0.2, 0.25) is 11.1 Å². The average molecular weight is 355 g/mol. The Balaban J connectivity index is 1.77. The van der Waals surface area contributed by atoms with Crippen LogP contribution in [0.5, 0.6) is 0 Å². The van der Waals surface area contributed by atoms with Crippen LogP contribution in [0.25, 0.3) is 5.78 Å². The Morgan fingerprint density at radius 2 is 1.88 bits per heavy atom. The number of hydrogen-bond donors (Lipinski definition) is 1. The van der Waals surface area contributed by atoms with E-state index in [1.54, 1.807) is 4.52 Å². The van der Waals surface area contributed by atoms with Crippen LogP contribution in [0.2, 0.25) is 0 Å². The van der Waals surface area contributed by atoms with Crippen molar-refractivity contribution in [2.24, 2.45) is 0 Å². The number of aromatic nitrogens is 4. The highest BCUT2D eigenvalue weighted by atomic mass is 32.2. The summed E-state index contributed by atoms with van der Waals surface area (Å²) in [5.41, 5.74) is 4.91. The molecule has 2 aromatic heterocycles. The van der Waals surface area contributed by atoms with E-state index in [0.29, 0.717) is 10.9 Å². The molecule has 0 spiro atoms. The maximum Gasteiger partial charge on any atom is 0.253 e. The predicted octanol–water partition coefficient (Wildman–Crippen LogP) is 3.48. The lowest BCUT2D eigenvalue weighted by Crippen LogP contribution is -2.23. The first-order chi connectivity index (χ1) is 11.9. The topological polar surface area (TPSA) is 72.2 Å². The van der Waals surface area contributed by atoms with Crippen LogP contribution in [0.4, 0.5) is 5.69 Å². The maximum absolute atomic E-state index is 12.4. The summed E-state index contributed by atoms with van der Waals surface area (Å²) in [5, 5.41) is 7.67. The van der Waals surface area contributed by atoms with Gasteiger partial charge in [0.25, 0.3) is 5.78 Å². The molecular weight excluding hydrogens is 334 g/mol. The van der Waals surface area contributed by atoms with Crippen LogP contribution in [-0.4, -0.2) is 30.7 Å². The van der Waals surface area contributed by atoms with Crippen LogP contribution in [0.3, 0.4) is 0 Å². The Labute approximate surface area is 151 Å². The first-order valence-corrected chi connectivity index (χ1v) is 8.98. The third kappa shape index (κ3) is 3.51. The van der Waals surface area contributed by atoms with Crippen LogP contribution in [0.15, 0.2) is 29.4 Å². The highest BCUT2D eigenvalue weighted by Gasteiger charge is 2.19. The van der Waals surface area contributed by atoms with Gasteiger partial charge in [-0.25, -0.2) is 9.50 Å². The molecule has 25 heavy (non-hydrogen) atoms. The average Bonchev–Trinajstić information content (AvgIpc) is 2.97. The summed E-state index contributed by atoms with van der Waals surface area (Å²) in [6, 6.07) is 7.72. The molecule has 1 unspecified atom stereocenters. The third-order valence-corrected chi connectivity index (χ3v) is 5.25. The van der Waals surface area contributed by atoms with E-state index in [4.69, 9.17) is 0 Å².